The van der Waals surface area contributed by atoms with E-state index in [-0.39, 0.29) is 17.2 Å². The lowest BCUT2D eigenvalue weighted by atomic mass is 10.2. The molecule has 0 aliphatic rings. The van der Waals surface area contributed by atoms with Crippen molar-refractivity contribution in [3.63, 3.8) is 0 Å². The van der Waals surface area contributed by atoms with Gasteiger partial charge in [-0.2, -0.15) is 5.10 Å². The summed E-state index contributed by atoms with van der Waals surface area (Å²) < 4.78 is 0. The van der Waals surface area contributed by atoms with Gasteiger partial charge in [0.2, 0.25) is 0 Å². The number of hydrogen-bond acceptors (Lipinski definition) is 4. The minimum Gasteiger partial charge on any atom is -0.389 e. The summed E-state index contributed by atoms with van der Waals surface area (Å²) in [6, 6.07) is 9.57. The van der Waals surface area contributed by atoms with Crippen LogP contribution in [0.15, 0.2) is 41.2 Å². The highest BCUT2D eigenvalue weighted by Crippen LogP contribution is 2.15. The van der Waals surface area contributed by atoms with Gasteiger partial charge < -0.3 is 10.6 Å². The second-order valence-electron chi connectivity index (χ2n) is 4.08. The van der Waals surface area contributed by atoms with Gasteiger partial charge in [0, 0.05) is 24.4 Å². The SMILES string of the molecule is CN(C(=O)c1ccc(=O)[nH]n1)c1ccc(C(N)=S)cc1. The van der Waals surface area contributed by atoms with E-state index in [4.69, 9.17) is 18.0 Å². The number of carbonyl (C=O) groups excluding carboxylic acids is 1. The Bertz CT molecular complexity index is 689. The van der Waals surface area contributed by atoms with E-state index in [0.717, 1.165) is 5.56 Å². The van der Waals surface area contributed by atoms with Gasteiger partial charge in [-0.1, -0.05) is 12.2 Å². The van der Waals surface area contributed by atoms with E-state index >= 15 is 0 Å². The van der Waals surface area contributed by atoms with Crippen molar-refractivity contribution in [2.75, 3.05) is 11.9 Å². The van der Waals surface area contributed by atoms with Crippen molar-refractivity contribution in [1.82, 2.24) is 10.2 Å². The number of nitrogens with zero attached hydrogens (tertiary/aromatic N) is 2. The first kappa shape index (κ1) is 13.9. The Labute approximate surface area is 120 Å². The van der Waals surface area contributed by atoms with Crippen LogP contribution in [0.3, 0.4) is 0 Å². The molecule has 102 valence electrons. The molecule has 0 aliphatic heterocycles. The highest BCUT2D eigenvalue weighted by atomic mass is 32.1. The Morgan fingerprint density at radius 2 is 1.90 bits per heavy atom. The molecule has 0 aliphatic carbocycles. The van der Waals surface area contributed by atoms with Crippen LogP contribution < -0.4 is 16.2 Å². The molecule has 7 heteroatoms. The smallest absolute Gasteiger partial charge is 0.278 e. The number of anilines is 1. The summed E-state index contributed by atoms with van der Waals surface area (Å²) >= 11 is 4.86. The van der Waals surface area contributed by atoms with Gasteiger partial charge in [0.15, 0.2) is 0 Å². The van der Waals surface area contributed by atoms with Crippen LogP contribution in [0.2, 0.25) is 0 Å². The Morgan fingerprint density at radius 1 is 1.25 bits per heavy atom. The molecule has 0 spiro atoms. The summed E-state index contributed by atoms with van der Waals surface area (Å²) in [4.78, 5) is 24.8. The number of hydrogen-bond donors (Lipinski definition) is 2. The zero-order valence-corrected chi connectivity index (χ0v) is 11.5. The summed E-state index contributed by atoms with van der Waals surface area (Å²) in [5.41, 5.74) is 6.71. The zero-order valence-electron chi connectivity index (χ0n) is 10.7. The number of aromatic nitrogens is 2. The Kier molecular flexibility index (Phi) is 3.90. The third-order valence-electron chi connectivity index (χ3n) is 2.74. The minimum atomic E-state index is -0.356. The Balaban J connectivity index is 2.24. The van der Waals surface area contributed by atoms with Gasteiger partial charge in [0.05, 0.1) is 0 Å². The van der Waals surface area contributed by atoms with Gasteiger partial charge in [-0.05, 0) is 30.3 Å². The lowest BCUT2D eigenvalue weighted by Gasteiger charge is -2.16. The van der Waals surface area contributed by atoms with E-state index in [9.17, 15) is 9.59 Å². The molecule has 0 bridgehead atoms. The number of benzene rings is 1. The average molecular weight is 288 g/mol. The van der Waals surface area contributed by atoms with Crippen molar-refractivity contribution in [1.29, 1.82) is 0 Å². The van der Waals surface area contributed by atoms with Crippen LogP contribution in [0.1, 0.15) is 16.1 Å². The maximum atomic E-state index is 12.2. The lowest BCUT2D eigenvalue weighted by molar-refractivity contribution is 0.0987. The quantitative estimate of drug-likeness (QED) is 0.810. The van der Waals surface area contributed by atoms with E-state index in [1.807, 2.05) is 0 Å². The van der Waals surface area contributed by atoms with Gasteiger partial charge >= 0.3 is 0 Å². The molecule has 1 heterocycles. The summed E-state index contributed by atoms with van der Waals surface area (Å²) in [5, 5.41) is 5.93. The van der Waals surface area contributed by atoms with Crippen molar-refractivity contribution in [3.05, 3.63) is 58.0 Å². The number of H-pyrrole nitrogens is 1. The number of aromatic amines is 1. The predicted octanol–water partition coefficient (Wildman–Crippen LogP) is 0.681. The van der Waals surface area contributed by atoms with Crippen molar-refractivity contribution >= 4 is 28.8 Å². The molecule has 2 rings (SSSR count). The van der Waals surface area contributed by atoms with Crippen LogP contribution >= 0.6 is 12.2 Å². The summed E-state index contributed by atoms with van der Waals surface area (Å²) in [5.74, 6) is -0.329. The molecule has 0 unspecified atom stereocenters. The van der Waals surface area contributed by atoms with E-state index < -0.39 is 0 Å². The maximum absolute atomic E-state index is 12.2. The van der Waals surface area contributed by atoms with Crippen LogP contribution in [0.4, 0.5) is 5.69 Å². The number of rotatable bonds is 3. The fraction of sp³-hybridized carbons (Fsp3) is 0.0769. The molecule has 0 saturated carbocycles. The molecule has 2 aromatic rings. The first-order chi connectivity index (χ1) is 9.49. The first-order valence-electron chi connectivity index (χ1n) is 5.72. The fourth-order valence-corrected chi connectivity index (χ4v) is 1.74. The number of carbonyl (C=O) groups is 1. The molecule has 0 atom stereocenters. The van der Waals surface area contributed by atoms with Crippen LogP contribution in [0.5, 0.6) is 0 Å². The zero-order chi connectivity index (χ0) is 14.7. The van der Waals surface area contributed by atoms with Crippen molar-refractivity contribution in [2.45, 2.75) is 0 Å². The van der Waals surface area contributed by atoms with Crippen LogP contribution in [0, 0.1) is 0 Å². The number of amides is 1. The molecule has 20 heavy (non-hydrogen) atoms. The van der Waals surface area contributed by atoms with Gasteiger partial charge in [-0.15, -0.1) is 0 Å². The number of nitrogens with two attached hydrogens (primary N) is 1. The molecule has 0 saturated heterocycles. The largest absolute Gasteiger partial charge is 0.389 e. The van der Waals surface area contributed by atoms with Crippen molar-refractivity contribution in [2.24, 2.45) is 5.73 Å². The first-order valence-corrected chi connectivity index (χ1v) is 6.13. The second-order valence-corrected chi connectivity index (χ2v) is 4.52. The molecule has 0 fully saturated rings. The molecular weight excluding hydrogens is 276 g/mol. The molecule has 0 radical (unpaired) electrons. The second kappa shape index (κ2) is 5.62. The van der Waals surface area contributed by atoms with Crippen molar-refractivity contribution < 1.29 is 4.79 Å². The maximum Gasteiger partial charge on any atom is 0.278 e. The van der Waals surface area contributed by atoms with Gasteiger partial charge in [-0.25, -0.2) is 5.10 Å². The van der Waals surface area contributed by atoms with Crippen LogP contribution in [-0.2, 0) is 0 Å². The highest BCUT2D eigenvalue weighted by Gasteiger charge is 2.15. The average Bonchev–Trinajstić information content (AvgIpc) is 2.46. The topological polar surface area (TPSA) is 92.1 Å². The molecule has 1 aromatic heterocycles. The van der Waals surface area contributed by atoms with Gasteiger partial charge in [0.25, 0.3) is 11.5 Å². The monoisotopic (exact) mass is 288 g/mol. The lowest BCUT2D eigenvalue weighted by Crippen LogP contribution is -2.28. The number of nitrogens with one attached hydrogen (secondary N) is 1. The third kappa shape index (κ3) is 2.89. The molecule has 1 amide bonds. The summed E-state index contributed by atoms with van der Waals surface area (Å²) in [7, 11) is 1.62. The Hall–Kier alpha value is -2.54. The van der Waals surface area contributed by atoms with Gasteiger partial charge in [0.1, 0.15) is 10.7 Å². The predicted molar refractivity (Wildman–Crippen MR) is 79.9 cm³/mol. The van der Waals surface area contributed by atoms with Gasteiger partial charge in [-0.3, -0.25) is 9.59 Å². The van der Waals surface area contributed by atoms with E-state index in [2.05, 4.69) is 10.2 Å². The number of thiocarbonyl (C=S) groups is 1. The molecule has 3 N–H and O–H groups in total. The van der Waals surface area contributed by atoms with Crippen molar-refractivity contribution in [3.8, 4) is 0 Å². The normalized spacial score (nSPS) is 10.1. The van der Waals surface area contributed by atoms with Crippen LogP contribution in [-0.4, -0.2) is 28.1 Å². The molecule has 6 nitrogen and oxygen atoms in total. The minimum absolute atomic E-state index is 0.158. The fourth-order valence-electron chi connectivity index (χ4n) is 1.60. The summed E-state index contributed by atoms with van der Waals surface area (Å²) in [6.07, 6.45) is 0. The third-order valence-corrected chi connectivity index (χ3v) is 2.98. The van der Waals surface area contributed by atoms with E-state index in [1.54, 1.807) is 31.3 Å². The Morgan fingerprint density at radius 3 is 2.40 bits per heavy atom. The van der Waals surface area contributed by atoms with E-state index in [0.29, 0.717) is 10.7 Å². The molecular formula is C13H12N4O2S. The molecule has 1 aromatic carbocycles. The van der Waals surface area contributed by atoms with Crippen LogP contribution in [0.25, 0.3) is 0 Å². The highest BCUT2D eigenvalue weighted by molar-refractivity contribution is 7.80. The van der Waals surface area contributed by atoms with E-state index in [1.165, 1.54) is 17.0 Å². The standard InChI is InChI=1S/C13H12N4O2S/c1-17(9-4-2-8(3-5-9)12(14)20)13(19)10-6-7-11(18)16-15-10/h2-7H,1H3,(H2,14,20)(H,16,18). The summed E-state index contributed by atoms with van der Waals surface area (Å²) in [6.45, 7) is 0.